The monoisotopic (exact) mass is 314 g/mol. The Kier molecular flexibility index (Phi) is 5.67. The molecule has 1 aromatic rings. The summed E-state index contributed by atoms with van der Waals surface area (Å²) in [6, 6.07) is 3.07. The zero-order valence-electron chi connectivity index (χ0n) is 11.7. The van der Waals surface area contributed by atoms with Crippen molar-refractivity contribution in [3.63, 3.8) is 0 Å². The molecule has 20 heavy (non-hydrogen) atoms. The summed E-state index contributed by atoms with van der Waals surface area (Å²) in [6.45, 7) is 3.02. The first kappa shape index (κ1) is 15.6. The lowest BCUT2D eigenvalue weighted by atomic mass is 9.81. The Hall–Kier alpha value is -0.800. The quantitative estimate of drug-likeness (QED) is 0.840. The van der Waals surface area contributed by atoms with Gasteiger partial charge in [-0.05, 0) is 30.4 Å². The molecular weight excluding hydrogens is 295 g/mol. The molecule has 2 rings (SSSR count). The van der Waals surface area contributed by atoms with Crippen LogP contribution in [0.3, 0.4) is 0 Å². The summed E-state index contributed by atoms with van der Waals surface area (Å²) < 4.78 is 0. The number of nitrogens with zero attached hydrogens (tertiary/aromatic N) is 1. The van der Waals surface area contributed by atoms with E-state index in [0.29, 0.717) is 12.1 Å². The number of carbonyl (C=O) groups excluding carboxylic acids is 1. The van der Waals surface area contributed by atoms with E-state index in [1.807, 2.05) is 0 Å². The molecule has 0 spiro atoms. The van der Waals surface area contributed by atoms with Gasteiger partial charge in [-0.25, -0.2) is 4.98 Å². The minimum atomic E-state index is -0.139. The Morgan fingerprint density at radius 3 is 2.45 bits per heavy atom. The zero-order valence-corrected chi connectivity index (χ0v) is 13.2. The maximum atomic E-state index is 12.0. The lowest BCUT2D eigenvalue weighted by Gasteiger charge is -2.26. The summed E-state index contributed by atoms with van der Waals surface area (Å²) >= 11 is 11.6. The van der Waals surface area contributed by atoms with E-state index in [-0.39, 0.29) is 16.2 Å². The van der Waals surface area contributed by atoms with Gasteiger partial charge in [-0.2, -0.15) is 0 Å². The highest BCUT2D eigenvalue weighted by molar-refractivity contribution is 6.33. The van der Waals surface area contributed by atoms with Gasteiger partial charge in [0.15, 0.2) is 0 Å². The van der Waals surface area contributed by atoms with Crippen LogP contribution in [0.2, 0.25) is 10.3 Å². The Labute approximate surface area is 130 Å². The average molecular weight is 315 g/mol. The molecule has 5 heteroatoms. The van der Waals surface area contributed by atoms with Crippen LogP contribution in [-0.4, -0.2) is 17.4 Å². The van der Waals surface area contributed by atoms with Gasteiger partial charge in [0, 0.05) is 12.1 Å². The van der Waals surface area contributed by atoms with Crippen LogP contribution in [-0.2, 0) is 0 Å². The fourth-order valence-corrected chi connectivity index (χ4v) is 3.17. The molecule has 1 amide bonds. The first-order chi connectivity index (χ1) is 9.54. The van der Waals surface area contributed by atoms with Crippen molar-refractivity contribution in [2.75, 3.05) is 6.54 Å². The first-order valence-corrected chi connectivity index (χ1v) is 7.91. The molecule has 0 aromatic carbocycles. The molecule has 0 bridgehead atoms. The topological polar surface area (TPSA) is 42.0 Å². The van der Waals surface area contributed by atoms with Crippen molar-refractivity contribution in [1.29, 1.82) is 0 Å². The van der Waals surface area contributed by atoms with Gasteiger partial charge in [-0.15, -0.1) is 0 Å². The third kappa shape index (κ3) is 4.64. The largest absolute Gasteiger partial charge is 0.352 e. The molecule has 1 aromatic heterocycles. The SMILES string of the molecule is CC1CCC(CCNC(=O)c2cc(Cl)nc(Cl)c2)CC1. The van der Waals surface area contributed by atoms with Crippen LogP contribution < -0.4 is 5.32 Å². The number of nitrogens with one attached hydrogen (secondary N) is 1. The highest BCUT2D eigenvalue weighted by atomic mass is 35.5. The second-order valence-electron chi connectivity index (χ2n) is 5.67. The van der Waals surface area contributed by atoms with Crippen LogP contribution in [0.15, 0.2) is 12.1 Å². The number of halogens is 2. The number of hydrogen-bond donors (Lipinski definition) is 1. The second-order valence-corrected chi connectivity index (χ2v) is 6.45. The van der Waals surface area contributed by atoms with Crippen molar-refractivity contribution in [3.05, 3.63) is 28.0 Å². The van der Waals surface area contributed by atoms with Crippen molar-refractivity contribution in [2.45, 2.75) is 39.0 Å². The van der Waals surface area contributed by atoms with E-state index in [1.165, 1.54) is 37.8 Å². The lowest BCUT2D eigenvalue weighted by molar-refractivity contribution is 0.0949. The minimum Gasteiger partial charge on any atom is -0.352 e. The third-order valence-electron chi connectivity index (χ3n) is 4.00. The van der Waals surface area contributed by atoms with Crippen molar-refractivity contribution >= 4 is 29.1 Å². The van der Waals surface area contributed by atoms with Crippen LogP contribution in [0.5, 0.6) is 0 Å². The highest BCUT2D eigenvalue weighted by Gasteiger charge is 2.18. The Morgan fingerprint density at radius 2 is 1.85 bits per heavy atom. The van der Waals surface area contributed by atoms with Crippen LogP contribution in [0.4, 0.5) is 0 Å². The first-order valence-electron chi connectivity index (χ1n) is 7.16. The van der Waals surface area contributed by atoms with Gasteiger partial charge in [0.05, 0.1) is 0 Å². The molecule has 1 heterocycles. The maximum Gasteiger partial charge on any atom is 0.251 e. The number of carbonyl (C=O) groups is 1. The lowest BCUT2D eigenvalue weighted by Crippen LogP contribution is -2.27. The molecular formula is C15H20Cl2N2O. The highest BCUT2D eigenvalue weighted by Crippen LogP contribution is 2.29. The van der Waals surface area contributed by atoms with E-state index in [0.717, 1.165) is 18.3 Å². The Bertz CT molecular complexity index is 451. The molecule has 1 fully saturated rings. The minimum absolute atomic E-state index is 0.139. The van der Waals surface area contributed by atoms with E-state index >= 15 is 0 Å². The molecule has 1 N–H and O–H groups in total. The molecule has 1 aliphatic carbocycles. The molecule has 0 aliphatic heterocycles. The number of pyridine rings is 1. The zero-order chi connectivity index (χ0) is 14.5. The summed E-state index contributed by atoms with van der Waals surface area (Å²) in [7, 11) is 0. The van der Waals surface area contributed by atoms with Crippen LogP contribution >= 0.6 is 23.2 Å². The standard InChI is InChI=1S/C15H20Cl2N2O/c1-10-2-4-11(5-3-10)6-7-18-15(20)12-8-13(16)19-14(17)9-12/h8-11H,2-7H2,1H3,(H,18,20). The van der Waals surface area contributed by atoms with Crippen molar-refractivity contribution in [2.24, 2.45) is 11.8 Å². The molecule has 3 nitrogen and oxygen atoms in total. The molecule has 0 radical (unpaired) electrons. The van der Waals surface area contributed by atoms with Gasteiger partial charge in [0.1, 0.15) is 10.3 Å². The molecule has 0 saturated heterocycles. The molecule has 0 atom stereocenters. The van der Waals surface area contributed by atoms with Gasteiger partial charge in [-0.1, -0.05) is 55.8 Å². The summed E-state index contributed by atoms with van der Waals surface area (Å²) in [5.74, 6) is 1.47. The van der Waals surface area contributed by atoms with Gasteiger partial charge in [-0.3, -0.25) is 4.79 Å². The Morgan fingerprint density at radius 1 is 1.25 bits per heavy atom. The van der Waals surface area contributed by atoms with Crippen molar-refractivity contribution in [1.82, 2.24) is 10.3 Å². The number of rotatable bonds is 4. The smallest absolute Gasteiger partial charge is 0.251 e. The van der Waals surface area contributed by atoms with Gasteiger partial charge < -0.3 is 5.32 Å². The summed E-state index contributed by atoms with van der Waals surface area (Å²) in [6.07, 6.45) is 6.24. The van der Waals surface area contributed by atoms with Crippen LogP contribution in [0, 0.1) is 11.8 Å². The molecule has 1 saturated carbocycles. The predicted octanol–water partition coefficient (Wildman–Crippen LogP) is 4.33. The van der Waals surface area contributed by atoms with Crippen LogP contribution in [0.1, 0.15) is 49.4 Å². The van der Waals surface area contributed by atoms with Crippen molar-refractivity contribution < 1.29 is 4.79 Å². The van der Waals surface area contributed by atoms with E-state index in [1.54, 1.807) is 0 Å². The predicted molar refractivity (Wildman–Crippen MR) is 82.3 cm³/mol. The summed E-state index contributed by atoms with van der Waals surface area (Å²) in [4.78, 5) is 15.8. The second kappa shape index (κ2) is 7.28. The summed E-state index contributed by atoms with van der Waals surface area (Å²) in [5, 5.41) is 3.41. The van der Waals surface area contributed by atoms with E-state index in [2.05, 4.69) is 17.2 Å². The van der Waals surface area contributed by atoms with Gasteiger partial charge >= 0.3 is 0 Å². The summed E-state index contributed by atoms with van der Waals surface area (Å²) in [5.41, 5.74) is 0.465. The normalized spacial score (nSPS) is 22.6. The fourth-order valence-electron chi connectivity index (χ4n) is 2.71. The number of amides is 1. The fraction of sp³-hybridized carbons (Fsp3) is 0.600. The van der Waals surface area contributed by atoms with E-state index in [9.17, 15) is 4.79 Å². The van der Waals surface area contributed by atoms with Crippen molar-refractivity contribution in [3.8, 4) is 0 Å². The Balaban J connectivity index is 1.77. The third-order valence-corrected chi connectivity index (χ3v) is 4.39. The molecule has 1 aliphatic rings. The number of hydrogen-bond acceptors (Lipinski definition) is 2. The number of aromatic nitrogens is 1. The maximum absolute atomic E-state index is 12.0. The molecule has 0 unspecified atom stereocenters. The molecule has 110 valence electrons. The van der Waals surface area contributed by atoms with Gasteiger partial charge in [0.25, 0.3) is 5.91 Å². The van der Waals surface area contributed by atoms with E-state index < -0.39 is 0 Å². The van der Waals surface area contributed by atoms with E-state index in [4.69, 9.17) is 23.2 Å². The van der Waals surface area contributed by atoms with Gasteiger partial charge in [0.2, 0.25) is 0 Å². The van der Waals surface area contributed by atoms with Crippen LogP contribution in [0.25, 0.3) is 0 Å². The average Bonchev–Trinajstić information content (AvgIpc) is 2.40.